The molecule has 13 heavy (non-hydrogen) atoms. The first-order valence-electron chi connectivity index (χ1n) is 3.76. The van der Waals surface area contributed by atoms with Crippen molar-refractivity contribution in [2.75, 3.05) is 5.53 Å². The van der Waals surface area contributed by atoms with Gasteiger partial charge < -0.3 is 0 Å². The van der Waals surface area contributed by atoms with Crippen LogP contribution in [-0.4, -0.2) is 9.66 Å². The molecule has 0 saturated carbocycles. The van der Waals surface area contributed by atoms with Crippen LogP contribution in [0.2, 0.25) is 0 Å². The maximum atomic E-state index is 11.2. The summed E-state index contributed by atoms with van der Waals surface area (Å²) in [5.41, 5.74) is 2.48. The van der Waals surface area contributed by atoms with E-state index in [1.165, 1.54) is 0 Å². The van der Waals surface area contributed by atoms with Gasteiger partial charge in [-0.25, -0.2) is 15.3 Å². The summed E-state index contributed by atoms with van der Waals surface area (Å²) in [6.07, 6.45) is 1.60. The second-order valence-electron chi connectivity index (χ2n) is 2.58. The standard InChI is InChI=1S/C8H8N4O/c9-11-12-5-6-3-1-2-4-7(6)10-8(12)13/h1-5,11H,9H2. The third-order valence-corrected chi connectivity index (χ3v) is 1.77. The predicted octanol–water partition coefficient (Wildman–Crippen LogP) is -0.186. The lowest BCUT2D eigenvalue weighted by atomic mass is 10.2. The fourth-order valence-corrected chi connectivity index (χ4v) is 1.14. The fourth-order valence-electron chi connectivity index (χ4n) is 1.14. The van der Waals surface area contributed by atoms with Crippen molar-refractivity contribution < 1.29 is 0 Å². The molecule has 2 aromatic rings. The van der Waals surface area contributed by atoms with E-state index >= 15 is 0 Å². The Morgan fingerprint density at radius 1 is 1.38 bits per heavy atom. The fraction of sp³-hybridized carbons (Fsp3) is 0. The Morgan fingerprint density at radius 2 is 2.15 bits per heavy atom. The highest BCUT2D eigenvalue weighted by atomic mass is 16.2. The minimum atomic E-state index is -0.416. The van der Waals surface area contributed by atoms with Gasteiger partial charge in [0.15, 0.2) is 0 Å². The van der Waals surface area contributed by atoms with Gasteiger partial charge in [0, 0.05) is 11.6 Å². The Morgan fingerprint density at radius 3 is 2.92 bits per heavy atom. The predicted molar refractivity (Wildman–Crippen MR) is 49.6 cm³/mol. The summed E-state index contributed by atoms with van der Waals surface area (Å²) in [7, 11) is 0. The zero-order chi connectivity index (χ0) is 9.26. The zero-order valence-corrected chi connectivity index (χ0v) is 6.77. The van der Waals surface area contributed by atoms with Crippen LogP contribution in [-0.2, 0) is 0 Å². The molecule has 0 aliphatic rings. The molecule has 0 radical (unpaired) electrons. The number of nitrogens with two attached hydrogens (primary N) is 1. The lowest BCUT2D eigenvalue weighted by Gasteiger charge is -2.03. The van der Waals surface area contributed by atoms with Crippen LogP contribution in [0.5, 0.6) is 0 Å². The normalized spacial score (nSPS) is 10.2. The van der Waals surface area contributed by atoms with Gasteiger partial charge in [-0.15, -0.1) is 0 Å². The third-order valence-electron chi connectivity index (χ3n) is 1.77. The van der Waals surface area contributed by atoms with Gasteiger partial charge in [0.25, 0.3) is 0 Å². The van der Waals surface area contributed by atoms with Crippen LogP contribution in [0.15, 0.2) is 35.3 Å². The van der Waals surface area contributed by atoms with Crippen LogP contribution in [0.4, 0.5) is 0 Å². The molecule has 0 atom stereocenters. The topological polar surface area (TPSA) is 72.9 Å². The number of nitrogens with one attached hydrogen (secondary N) is 1. The van der Waals surface area contributed by atoms with Gasteiger partial charge in [0.2, 0.25) is 0 Å². The number of fused-ring (bicyclic) bond motifs is 1. The molecule has 0 bridgehead atoms. The van der Waals surface area contributed by atoms with E-state index < -0.39 is 5.69 Å². The molecule has 0 aliphatic carbocycles. The molecule has 66 valence electrons. The summed E-state index contributed by atoms with van der Waals surface area (Å²) in [5.74, 6) is 5.11. The van der Waals surface area contributed by atoms with Crippen molar-refractivity contribution in [1.29, 1.82) is 0 Å². The highest BCUT2D eigenvalue weighted by Gasteiger charge is 1.97. The first kappa shape index (κ1) is 7.75. The van der Waals surface area contributed by atoms with E-state index in [1.807, 2.05) is 18.2 Å². The van der Waals surface area contributed by atoms with Gasteiger partial charge in [-0.2, -0.15) is 4.98 Å². The van der Waals surface area contributed by atoms with E-state index in [4.69, 9.17) is 5.84 Å². The smallest absolute Gasteiger partial charge is 0.258 e. The minimum Gasteiger partial charge on any atom is -0.258 e. The second-order valence-corrected chi connectivity index (χ2v) is 2.58. The van der Waals surface area contributed by atoms with Crippen molar-refractivity contribution in [1.82, 2.24) is 9.66 Å². The number of hydrazine groups is 1. The van der Waals surface area contributed by atoms with Gasteiger partial charge in [0.1, 0.15) is 0 Å². The third kappa shape index (κ3) is 1.25. The number of rotatable bonds is 1. The lowest BCUT2D eigenvalue weighted by Crippen LogP contribution is -2.34. The van der Waals surface area contributed by atoms with Crippen LogP contribution in [0, 0.1) is 0 Å². The van der Waals surface area contributed by atoms with E-state index in [1.54, 1.807) is 12.3 Å². The number of hydrogen-bond acceptors (Lipinski definition) is 4. The minimum absolute atomic E-state index is 0.416. The average molecular weight is 176 g/mol. The molecule has 0 saturated heterocycles. The second kappa shape index (κ2) is 2.87. The monoisotopic (exact) mass is 176 g/mol. The van der Waals surface area contributed by atoms with E-state index in [0.717, 1.165) is 10.1 Å². The van der Waals surface area contributed by atoms with Crippen molar-refractivity contribution in [3.63, 3.8) is 0 Å². The Hall–Kier alpha value is -1.88. The summed E-state index contributed by atoms with van der Waals surface area (Å²) in [6, 6.07) is 7.33. The molecule has 5 heteroatoms. The zero-order valence-electron chi connectivity index (χ0n) is 6.77. The maximum absolute atomic E-state index is 11.2. The molecule has 1 aromatic carbocycles. The highest BCUT2D eigenvalue weighted by Crippen LogP contribution is 2.06. The molecular weight excluding hydrogens is 168 g/mol. The Bertz CT molecular complexity index is 491. The number of nitrogen functional groups attached to an aromatic ring is 1. The summed E-state index contributed by atoms with van der Waals surface area (Å²) in [5, 5.41) is 0.861. The van der Waals surface area contributed by atoms with Crippen LogP contribution in [0.3, 0.4) is 0 Å². The SMILES string of the molecule is NNn1cc2ccccc2nc1=O. The van der Waals surface area contributed by atoms with Crippen LogP contribution in [0.1, 0.15) is 0 Å². The molecule has 0 unspecified atom stereocenters. The molecule has 2 rings (SSSR count). The number of benzene rings is 1. The molecule has 3 N–H and O–H groups in total. The average Bonchev–Trinajstić information content (AvgIpc) is 2.17. The Labute approximate surface area is 73.8 Å². The van der Waals surface area contributed by atoms with Crippen LogP contribution < -0.4 is 17.1 Å². The van der Waals surface area contributed by atoms with Crippen molar-refractivity contribution in [3.8, 4) is 0 Å². The van der Waals surface area contributed by atoms with Gasteiger partial charge in [-0.3, -0.25) is 5.53 Å². The van der Waals surface area contributed by atoms with E-state index in [-0.39, 0.29) is 0 Å². The van der Waals surface area contributed by atoms with E-state index in [9.17, 15) is 4.79 Å². The quantitative estimate of drug-likeness (QED) is 0.466. The molecule has 0 aliphatic heterocycles. The number of nitrogens with zero attached hydrogens (tertiary/aromatic N) is 2. The van der Waals surface area contributed by atoms with Crippen molar-refractivity contribution in [3.05, 3.63) is 40.9 Å². The van der Waals surface area contributed by atoms with E-state index in [2.05, 4.69) is 10.5 Å². The molecule has 5 nitrogen and oxygen atoms in total. The summed E-state index contributed by atoms with van der Waals surface area (Å²) < 4.78 is 1.13. The van der Waals surface area contributed by atoms with Crippen LogP contribution in [0.25, 0.3) is 10.9 Å². The summed E-state index contributed by atoms with van der Waals surface area (Å²) in [4.78, 5) is 15.0. The number of aromatic nitrogens is 2. The largest absolute Gasteiger partial charge is 0.367 e. The van der Waals surface area contributed by atoms with Crippen molar-refractivity contribution in [2.45, 2.75) is 0 Å². The van der Waals surface area contributed by atoms with Gasteiger partial charge in [0.05, 0.1) is 5.52 Å². The number of hydrogen-bond donors (Lipinski definition) is 2. The molecule has 1 heterocycles. The van der Waals surface area contributed by atoms with E-state index in [0.29, 0.717) is 5.52 Å². The summed E-state index contributed by atoms with van der Waals surface area (Å²) in [6.45, 7) is 0. The molecule has 0 fully saturated rings. The molecule has 1 aromatic heterocycles. The van der Waals surface area contributed by atoms with Crippen molar-refractivity contribution >= 4 is 10.9 Å². The lowest BCUT2D eigenvalue weighted by molar-refractivity contribution is 0.807. The molecule has 0 amide bonds. The Balaban J connectivity index is 2.81. The maximum Gasteiger partial charge on any atom is 0.367 e. The molecule has 0 spiro atoms. The first-order valence-corrected chi connectivity index (χ1v) is 3.76. The van der Waals surface area contributed by atoms with Gasteiger partial charge >= 0.3 is 5.69 Å². The van der Waals surface area contributed by atoms with Crippen LogP contribution >= 0.6 is 0 Å². The number of para-hydroxylation sites is 1. The Kier molecular flexibility index (Phi) is 1.71. The first-order chi connectivity index (χ1) is 6.31. The van der Waals surface area contributed by atoms with Gasteiger partial charge in [-0.1, -0.05) is 18.2 Å². The van der Waals surface area contributed by atoms with Gasteiger partial charge in [-0.05, 0) is 6.07 Å². The highest BCUT2D eigenvalue weighted by molar-refractivity contribution is 5.76. The molecular formula is C8H8N4O. The van der Waals surface area contributed by atoms with Crippen molar-refractivity contribution in [2.24, 2.45) is 5.84 Å². The summed E-state index contributed by atoms with van der Waals surface area (Å²) >= 11 is 0.